The quantitative estimate of drug-likeness (QED) is 0.655. The van der Waals surface area contributed by atoms with Crippen molar-refractivity contribution in [1.82, 2.24) is 4.31 Å². The van der Waals surface area contributed by atoms with Crippen molar-refractivity contribution in [3.8, 4) is 5.75 Å². The van der Waals surface area contributed by atoms with E-state index in [4.69, 9.17) is 4.42 Å². The van der Waals surface area contributed by atoms with Gasteiger partial charge in [0.15, 0.2) is 0 Å². The topological polar surface area (TPSA) is 99.9 Å². The minimum absolute atomic E-state index is 0.0266. The van der Waals surface area contributed by atoms with Gasteiger partial charge in [0, 0.05) is 37.5 Å². The average Bonchev–Trinajstić information content (AvgIpc) is 2.58. The molecule has 8 heteroatoms. The molecule has 3 rings (SSSR count). The lowest BCUT2D eigenvalue weighted by Crippen LogP contribution is -2.28. The van der Waals surface area contributed by atoms with E-state index in [0.717, 1.165) is 20.8 Å². The standard InChI is InChI=1S/C19H20N2O5S/c1-12-16-8-7-15(22)11-18(16)26-19(23)17(12)10-13-5-4-6-14(9-13)20-27(24,25)21(2)3/h4-9,11,20,22H,10H2,1-3H3. The predicted molar refractivity (Wildman–Crippen MR) is 104 cm³/mol. The fourth-order valence-corrected chi connectivity index (χ4v) is 3.38. The molecule has 142 valence electrons. The number of phenols is 1. The molecular weight excluding hydrogens is 368 g/mol. The van der Waals surface area contributed by atoms with Crippen molar-refractivity contribution in [2.75, 3.05) is 18.8 Å². The van der Waals surface area contributed by atoms with Crippen molar-refractivity contribution in [1.29, 1.82) is 0 Å². The van der Waals surface area contributed by atoms with E-state index < -0.39 is 15.8 Å². The van der Waals surface area contributed by atoms with Gasteiger partial charge in [0.2, 0.25) is 0 Å². The van der Waals surface area contributed by atoms with Crippen LogP contribution in [-0.2, 0) is 16.6 Å². The van der Waals surface area contributed by atoms with Gasteiger partial charge in [-0.1, -0.05) is 12.1 Å². The number of fused-ring (bicyclic) bond motifs is 1. The molecule has 0 saturated heterocycles. The van der Waals surface area contributed by atoms with Crippen LogP contribution in [0.4, 0.5) is 5.69 Å². The van der Waals surface area contributed by atoms with E-state index in [1.807, 2.05) is 13.0 Å². The summed E-state index contributed by atoms with van der Waals surface area (Å²) >= 11 is 0. The zero-order valence-corrected chi connectivity index (χ0v) is 16.0. The number of rotatable bonds is 5. The monoisotopic (exact) mass is 388 g/mol. The first-order chi connectivity index (χ1) is 12.7. The molecule has 0 unspecified atom stereocenters. The van der Waals surface area contributed by atoms with Crippen LogP contribution in [0, 0.1) is 6.92 Å². The van der Waals surface area contributed by atoms with Crippen LogP contribution in [0.25, 0.3) is 11.0 Å². The summed E-state index contributed by atoms with van der Waals surface area (Å²) in [5.41, 5.74) is 2.27. The molecule has 2 N–H and O–H groups in total. The molecule has 0 bridgehead atoms. The van der Waals surface area contributed by atoms with Crippen molar-refractivity contribution >= 4 is 26.9 Å². The van der Waals surface area contributed by atoms with Gasteiger partial charge < -0.3 is 9.52 Å². The van der Waals surface area contributed by atoms with E-state index >= 15 is 0 Å². The van der Waals surface area contributed by atoms with Crippen molar-refractivity contribution in [2.45, 2.75) is 13.3 Å². The van der Waals surface area contributed by atoms with Crippen LogP contribution < -0.4 is 10.3 Å². The van der Waals surface area contributed by atoms with Gasteiger partial charge in [0.05, 0.1) is 5.69 Å². The molecular formula is C19H20N2O5S. The van der Waals surface area contributed by atoms with Gasteiger partial charge in [0.25, 0.3) is 0 Å². The summed E-state index contributed by atoms with van der Waals surface area (Å²) in [6, 6.07) is 11.5. The molecule has 0 spiro atoms. The number of hydrogen-bond donors (Lipinski definition) is 2. The number of nitrogens with zero attached hydrogens (tertiary/aromatic N) is 1. The Morgan fingerprint density at radius 3 is 2.59 bits per heavy atom. The maximum Gasteiger partial charge on any atom is 0.340 e. The van der Waals surface area contributed by atoms with Gasteiger partial charge in [-0.25, -0.2) is 4.79 Å². The molecule has 0 aliphatic carbocycles. The van der Waals surface area contributed by atoms with Crippen molar-refractivity contribution in [3.63, 3.8) is 0 Å². The van der Waals surface area contributed by atoms with Gasteiger partial charge >= 0.3 is 15.8 Å². The number of aryl methyl sites for hydroxylation is 1. The fraction of sp³-hybridized carbons (Fsp3) is 0.211. The van der Waals surface area contributed by atoms with Crippen LogP contribution in [0.1, 0.15) is 16.7 Å². The van der Waals surface area contributed by atoms with E-state index in [2.05, 4.69) is 4.72 Å². The summed E-state index contributed by atoms with van der Waals surface area (Å²) in [5, 5.41) is 10.3. The first kappa shape index (κ1) is 18.9. The SMILES string of the molecule is Cc1c(Cc2cccc(NS(=O)(=O)N(C)C)c2)c(=O)oc2cc(O)ccc12. The molecule has 1 heterocycles. The van der Waals surface area contributed by atoms with Crippen LogP contribution in [0.2, 0.25) is 0 Å². The lowest BCUT2D eigenvalue weighted by molar-refractivity contribution is 0.472. The van der Waals surface area contributed by atoms with E-state index in [-0.39, 0.29) is 5.75 Å². The Morgan fingerprint density at radius 2 is 1.89 bits per heavy atom. The maximum atomic E-state index is 12.4. The number of aromatic hydroxyl groups is 1. The van der Waals surface area contributed by atoms with Crippen LogP contribution in [0.15, 0.2) is 51.7 Å². The van der Waals surface area contributed by atoms with Gasteiger partial charge in [-0.05, 0) is 42.3 Å². The van der Waals surface area contributed by atoms with E-state index in [0.29, 0.717) is 23.3 Å². The third-order valence-electron chi connectivity index (χ3n) is 4.31. The third kappa shape index (κ3) is 3.96. The molecule has 0 fully saturated rings. The first-order valence-electron chi connectivity index (χ1n) is 8.22. The Morgan fingerprint density at radius 1 is 1.15 bits per heavy atom. The highest BCUT2D eigenvalue weighted by Gasteiger charge is 2.15. The van der Waals surface area contributed by atoms with E-state index in [1.54, 1.807) is 24.3 Å². The Hall–Kier alpha value is -2.84. The van der Waals surface area contributed by atoms with Crippen LogP contribution >= 0.6 is 0 Å². The van der Waals surface area contributed by atoms with Crippen molar-refractivity contribution in [3.05, 3.63) is 69.6 Å². The summed E-state index contributed by atoms with van der Waals surface area (Å²) in [6.45, 7) is 1.82. The molecule has 0 atom stereocenters. The summed E-state index contributed by atoms with van der Waals surface area (Å²) in [7, 11) is -0.734. The van der Waals surface area contributed by atoms with Crippen LogP contribution in [0.5, 0.6) is 5.75 Å². The van der Waals surface area contributed by atoms with Gasteiger partial charge in [-0.2, -0.15) is 12.7 Å². The minimum Gasteiger partial charge on any atom is -0.508 e. The Kier molecular flexibility index (Phi) is 4.95. The second-order valence-electron chi connectivity index (χ2n) is 6.44. The Labute approximate surface area is 157 Å². The smallest absolute Gasteiger partial charge is 0.340 e. The number of nitrogens with one attached hydrogen (secondary N) is 1. The van der Waals surface area contributed by atoms with Crippen LogP contribution in [0.3, 0.4) is 0 Å². The third-order valence-corrected chi connectivity index (χ3v) is 5.76. The Bertz CT molecular complexity index is 1170. The number of anilines is 1. The van der Waals surface area contributed by atoms with Crippen LogP contribution in [-0.4, -0.2) is 31.9 Å². The Balaban J connectivity index is 1.98. The minimum atomic E-state index is -3.61. The highest BCUT2D eigenvalue weighted by molar-refractivity contribution is 7.90. The second-order valence-corrected chi connectivity index (χ2v) is 8.32. The van der Waals surface area contributed by atoms with Crippen molar-refractivity contribution < 1.29 is 17.9 Å². The molecule has 7 nitrogen and oxygen atoms in total. The first-order valence-corrected chi connectivity index (χ1v) is 9.66. The van der Waals surface area contributed by atoms with Gasteiger partial charge in [-0.15, -0.1) is 0 Å². The van der Waals surface area contributed by atoms with Gasteiger partial charge in [-0.3, -0.25) is 4.72 Å². The second kappa shape index (κ2) is 7.05. The largest absolute Gasteiger partial charge is 0.508 e. The molecule has 0 radical (unpaired) electrons. The molecule has 0 aliphatic heterocycles. The average molecular weight is 388 g/mol. The molecule has 0 aliphatic rings. The maximum absolute atomic E-state index is 12.4. The lowest BCUT2D eigenvalue weighted by atomic mass is 9.99. The molecule has 1 aromatic heterocycles. The molecule has 2 aromatic carbocycles. The summed E-state index contributed by atoms with van der Waals surface area (Å²) in [5.74, 6) is 0.0266. The summed E-state index contributed by atoms with van der Waals surface area (Å²) in [4.78, 5) is 12.4. The zero-order chi connectivity index (χ0) is 19.8. The summed E-state index contributed by atoms with van der Waals surface area (Å²) < 4.78 is 32.9. The van der Waals surface area contributed by atoms with Crippen molar-refractivity contribution in [2.24, 2.45) is 0 Å². The number of phenolic OH excluding ortho intramolecular Hbond substituents is 1. The van der Waals surface area contributed by atoms with Gasteiger partial charge in [0.1, 0.15) is 11.3 Å². The number of benzene rings is 2. The highest BCUT2D eigenvalue weighted by Crippen LogP contribution is 2.25. The molecule has 0 amide bonds. The molecule has 27 heavy (non-hydrogen) atoms. The highest BCUT2D eigenvalue weighted by atomic mass is 32.2. The lowest BCUT2D eigenvalue weighted by Gasteiger charge is -2.14. The normalized spacial score (nSPS) is 11.9. The zero-order valence-electron chi connectivity index (χ0n) is 15.2. The number of hydrogen-bond acceptors (Lipinski definition) is 5. The predicted octanol–water partition coefficient (Wildman–Crippen LogP) is 2.62. The summed E-state index contributed by atoms with van der Waals surface area (Å²) in [6.07, 6.45) is 0.294. The fourth-order valence-electron chi connectivity index (χ4n) is 2.78. The van der Waals surface area contributed by atoms with E-state index in [9.17, 15) is 18.3 Å². The molecule has 3 aromatic rings. The van der Waals surface area contributed by atoms with E-state index in [1.165, 1.54) is 26.2 Å². The molecule has 0 saturated carbocycles.